The van der Waals surface area contributed by atoms with E-state index in [9.17, 15) is 4.79 Å². The first-order valence-corrected chi connectivity index (χ1v) is 6.80. The number of hydrogen-bond acceptors (Lipinski definition) is 5. The van der Waals surface area contributed by atoms with E-state index in [1.54, 1.807) is 6.20 Å². The average molecular weight is 256 g/mol. The van der Waals surface area contributed by atoms with Gasteiger partial charge in [0.15, 0.2) is 0 Å². The van der Waals surface area contributed by atoms with E-state index in [0.29, 0.717) is 23.9 Å². The molecule has 0 aliphatic carbocycles. The highest BCUT2D eigenvalue weighted by Gasteiger charge is 2.10. The Bertz CT molecular complexity index is 309. The van der Waals surface area contributed by atoms with Crippen molar-refractivity contribution in [2.75, 3.05) is 11.9 Å². The summed E-state index contributed by atoms with van der Waals surface area (Å²) in [5.74, 6) is 0.601. The van der Waals surface area contributed by atoms with Crippen LogP contribution in [0.2, 0.25) is 0 Å². The Hall–Kier alpha value is -1.01. The van der Waals surface area contributed by atoms with Crippen molar-refractivity contribution in [2.24, 2.45) is 11.7 Å². The van der Waals surface area contributed by atoms with Crippen molar-refractivity contribution in [1.82, 2.24) is 9.59 Å². The number of nitrogens with one attached hydrogen (secondary N) is 1. The fourth-order valence-electron chi connectivity index (χ4n) is 1.83. The fourth-order valence-corrected chi connectivity index (χ4v) is 2.27. The van der Waals surface area contributed by atoms with Crippen molar-refractivity contribution in [3.8, 4) is 0 Å². The summed E-state index contributed by atoms with van der Waals surface area (Å²) in [6, 6.07) is 0. The molecule has 0 aliphatic rings. The molecule has 1 rings (SSSR count). The van der Waals surface area contributed by atoms with Gasteiger partial charge >= 0.3 is 0 Å². The van der Waals surface area contributed by atoms with Crippen LogP contribution < -0.4 is 11.1 Å². The summed E-state index contributed by atoms with van der Waals surface area (Å²) in [5.41, 5.74) is 5.56. The van der Waals surface area contributed by atoms with E-state index in [1.165, 1.54) is 11.5 Å². The molecule has 0 bridgehead atoms. The molecule has 5 nitrogen and oxygen atoms in total. The summed E-state index contributed by atoms with van der Waals surface area (Å²) >= 11 is 1.19. The monoisotopic (exact) mass is 256 g/mol. The third kappa shape index (κ3) is 5.74. The van der Waals surface area contributed by atoms with Gasteiger partial charge in [-0.15, -0.1) is 5.10 Å². The molecule has 1 atom stereocenters. The smallest absolute Gasteiger partial charge is 0.225 e. The van der Waals surface area contributed by atoms with Gasteiger partial charge in [-0.2, -0.15) is 0 Å². The van der Waals surface area contributed by atoms with Crippen LogP contribution in [0, 0.1) is 5.92 Å². The summed E-state index contributed by atoms with van der Waals surface area (Å²) in [6.45, 7) is 2.86. The van der Waals surface area contributed by atoms with E-state index in [4.69, 9.17) is 5.73 Å². The molecule has 0 fully saturated rings. The molecular weight excluding hydrogens is 236 g/mol. The second-order valence-electron chi connectivity index (χ2n) is 4.10. The van der Waals surface area contributed by atoms with E-state index >= 15 is 0 Å². The molecule has 0 saturated carbocycles. The Morgan fingerprint density at radius 1 is 1.53 bits per heavy atom. The molecule has 1 amide bonds. The second-order valence-corrected chi connectivity index (χ2v) is 4.89. The number of rotatable bonds is 8. The quantitative estimate of drug-likeness (QED) is 0.745. The molecule has 1 aromatic rings. The van der Waals surface area contributed by atoms with Gasteiger partial charge in [-0.3, -0.25) is 4.79 Å². The Kier molecular flexibility index (Phi) is 6.73. The van der Waals surface area contributed by atoms with Crippen molar-refractivity contribution in [2.45, 2.75) is 39.0 Å². The molecule has 1 heterocycles. The van der Waals surface area contributed by atoms with Crippen LogP contribution in [0.4, 0.5) is 5.00 Å². The van der Waals surface area contributed by atoms with Gasteiger partial charge < -0.3 is 11.1 Å². The van der Waals surface area contributed by atoms with Gasteiger partial charge in [-0.05, 0) is 25.3 Å². The molecule has 6 heteroatoms. The third-order valence-corrected chi connectivity index (χ3v) is 3.26. The molecule has 0 spiro atoms. The van der Waals surface area contributed by atoms with Gasteiger partial charge in [0.1, 0.15) is 5.00 Å². The molecule has 1 unspecified atom stereocenters. The molecule has 1 aromatic heterocycles. The lowest BCUT2D eigenvalue weighted by Gasteiger charge is -2.14. The summed E-state index contributed by atoms with van der Waals surface area (Å²) in [7, 11) is 0. The fraction of sp³-hybridized carbons (Fsp3) is 0.727. The van der Waals surface area contributed by atoms with Crippen molar-refractivity contribution in [1.29, 1.82) is 0 Å². The third-order valence-electron chi connectivity index (χ3n) is 2.68. The van der Waals surface area contributed by atoms with E-state index in [0.717, 1.165) is 25.7 Å². The van der Waals surface area contributed by atoms with Crippen LogP contribution in [0.3, 0.4) is 0 Å². The minimum absolute atomic E-state index is 0.0363. The van der Waals surface area contributed by atoms with Gasteiger partial charge in [0.05, 0.1) is 6.20 Å². The molecular formula is C11H20N4OS. The number of nitrogens with two attached hydrogens (primary N) is 1. The average Bonchev–Trinajstić information content (AvgIpc) is 2.79. The lowest BCUT2D eigenvalue weighted by atomic mass is 9.94. The number of carbonyl (C=O) groups excluding carboxylic acids is 1. The number of amides is 1. The molecule has 0 aromatic carbocycles. The predicted molar refractivity (Wildman–Crippen MR) is 69.8 cm³/mol. The molecule has 17 heavy (non-hydrogen) atoms. The number of nitrogens with zero attached hydrogens (tertiary/aromatic N) is 2. The van der Waals surface area contributed by atoms with Crippen LogP contribution in [-0.2, 0) is 4.79 Å². The Labute approximate surface area is 106 Å². The van der Waals surface area contributed by atoms with Gasteiger partial charge in [-0.25, -0.2) is 0 Å². The highest BCUT2D eigenvalue weighted by atomic mass is 32.1. The Morgan fingerprint density at radius 3 is 2.94 bits per heavy atom. The van der Waals surface area contributed by atoms with Gasteiger partial charge in [0.25, 0.3) is 0 Å². The highest BCUT2D eigenvalue weighted by Crippen LogP contribution is 2.18. The largest absolute Gasteiger partial charge is 0.330 e. The zero-order valence-electron chi connectivity index (χ0n) is 10.2. The number of anilines is 1. The molecule has 0 aliphatic heterocycles. The summed E-state index contributed by atoms with van der Waals surface area (Å²) in [5, 5.41) is 7.16. The maximum Gasteiger partial charge on any atom is 0.225 e. The molecule has 96 valence electrons. The standard InChI is InChI=1S/C11H20N4OS/c1-2-3-9(6-7-12)4-5-10(16)14-11-8-13-15-17-11/h8-9H,2-7,12H2,1H3,(H,14,16). The maximum atomic E-state index is 11.6. The topological polar surface area (TPSA) is 80.9 Å². The summed E-state index contributed by atoms with van der Waals surface area (Å²) in [4.78, 5) is 11.6. The predicted octanol–water partition coefficient (Wildman–Crippen LogP) is 2.02. The molecule has 3 N–H and O–H groups in total. The lowest BCUT2D eigenvalue weighted by Crippen LogP contribution is -2.14. The summed E-state index contributed by atoms with van der Waals surface area (Å²) in [6.07, 6.45) is 6.30. The molecule has 0 saturated heterocycles. The minimum Gasteiger partial charge on any atom is -0.330 e. The summed E-state index contributed by atoms with van der Waals surface area (Å²) < 4.78 is 3.69. The van der Waals surface area contributed by atoms with Crippen molar-refractivity contribution >= 4 is 22.4 Å². The van der Waals surface area contributed by atoms with Crippen LogP contribution in [0.15, 0.2) is 6.20 Å². The lowest BCUT2D eigenvalue weighted by molar-refractivity contribution is -0.116. The van der Waals surface area contributed by atoms with E-state index in [-0.39, 0.29) is 5.91 Å². The van der Waals surface area contributed by atoms with Crippen LogP contribution in [0.1, 0.15) is 39.0 Å². The SMILES string of the molecule is CCCC(CCN)CCC(=O)Nc1cnns1. The van der Waals surface area contributed by atoms with E-state index in [2.05, 4.69) is 21.8 Å². The Morgan fingerprint density at radius 2 is 2.35 bits per heavy atom. The van der Waals surface area contributed by atoms with Gasteiger partial charge in [-0.1, -0.05) is 24.3 Å². The normalized spacial score (nSPS) is 12.4. The zero-order valence-corrected chi connectivity index (χ0v) is 11.0. The Balaban J connectivity index is 2.25. The van der Waals surface area contributed by atoms with Crippen LogP contribution in [0.25, 0.3) is 0 Å². The van der Waals surface area contributed by atoms with Gasteiger partial charge in [0, 0.05) is 18.0 Å². The number of carbonyl (C=O) groups is 1. The first kappa shape index (κ1) is 14.1. The van der Waals surface area contributed by atoms with Crippen LogP contribution in [0.5, 0.6) is 0 Å². The van der Waals surface area contributed by atoms with Crippen molar-refractivity contribution < 1.29 is 4.79 Å². The van der Waals surface area contributed by atoms with E-state index < -0.39 is 0 Å². The van der Waals surface area contributed by atoms with Gasteiger partial charge in [0.2, 0.25) is 5.91 Å². The van der Waals surface area contributed by atoms with Crippen LogP contribution >= 0.6 is 11.5 Å². The van der Waals surface area contributed by atoms with Crippen molar-refractivity contribution in [3.05, 3.63) is 6.20 Å². The van der Waals surface area contributed by atoms with E-state index in [1.807, 2.05) is 0 Å². The number of aromatic nitrogens is 2. The highest BCUT2D eigenvalue weighted by molar-refractivity contribution is 7.10. The first-order chi connectivity index (χ1) is 8.26. The first-order valence-electron chi connectivity index (χ1n) is 6.03. The number of hydrogen-bond donors (Lipinski definition) is 2. The zero-order chi connectivity index (χ0) is 12.5. The van der Waals surface area contributed by atoms with Crippen LogP contribution in [-0.4, -0.2) is 22.0 Å². The second kappa shape index (κ2) is 8.14. The van der Waals surface area contributed by atoms with Crippen molar-refractivity contribution in [3.63, 3.8) is 0 Å². The molecule has 0 radical (unpaired) electrons. The maximum absolute atomic E-state index is 11.6. The minimum atomic E-state index is 0.0363.